The standard InChI is InChI=1S/C15H26N2O/c1-15(16,14(18)17(2)3)13-11-5-9-4-10(7-11)8-12(13)6-9/h9-13H,4-8,16H2,1-3H3. The molecule has 4 saturated carbocycles. The smallest absolute Gasteiger partial charge is 0.242 e. The van der Waals surface area contributed by atoms with Gasteiger partial charge in [0.05, 0.1) is 5.54 Å². The van der Waals surface area contributed by atoms with E-state index in [0.717, 1.165) is 11.8 Å². The molecule has 3 nitrogen and oxygen atoms in total. The third-order valence-electron chi connectivity index (χ3n) is 5.79. The van der Waals surface area contributed by atoms with Gasteiger partial charge in [-0.25, -0.2) is 0 Å². The molecular weight excluding hydrogens is 224 g/mol. The number of amides is 1. The van der Waals surface area contributed by atoms with Crippen LogP contribution in [0.5, 0.6) is 0 Å². The van der Waals surface area contributed by atoms with E-state index in [4.69, 9.17) is 5.73 Å². The van der Waals surface area contributed by atoms with Gasteiger partial charge in [0.2, 0.25) is 5.91 Å². The highest BCUT2D eigenvalue weighted by molar-refractivity contribution is 5.85. The summed E-state index contributed by atoms with van der Waals surface area (Å²) in [6.45, 7) is 1.97. The summed E-state index contributed by atoms with van der Waals surface area (Å²) < 4.78 is 0. The lowest BCUT2D eigenvalue weighted by Gasteiger charge is -2.58. The van der Waals surface area contributed by atoms with Crippen molar-refractivity contribution in [1.29, 1.82) is 0 Å². The number of carbonyl (C=O) groups excluding carboxylic acids is 1. The van der Waals surface area contributed by atoms with Crippen LogP contribution in [0.15, 0.2) is 0 Å². The highest BCUT2D eigenvalue weighted by atomic mass is 16.2. The zero-order chi connectivity index (χ0) is 13.1. The highest BCUT2D eigenvalue weighted by Crippen LogP contribution is 2.58. The van der Waals surface area contributed by atoms with Crippen LogP contribution in [0.25, 0.3) is 0 Å². The number of hydrogen-bond acceptors (Lipinski definition) is 2. The summed E-state index contributed by atoms with van der Waals surface area (Å²) in [4.78, 5) is 14.1. The zero-order valence-corrected chi connectivity index (χ0v) is 11.9. The lowest BCUT2D eigenvalue weighted by atomic mass is 9.48. The van der Waals surface area contributed by atoms with Gasteiger partial charge >= 0.3 is 0 Å². The second kappa shape index (κ2) is 3.96. The summed E-state index contributed by atoms with van der Waals surface area (Å²) in [5, 5.41) is 0. The maximum atomic E-state index is 12.4. The third kappa shape index (κ3) is 1.70. The van der Waals surface area contributed by atoms with Gasteiger partial charge < -0.3 is 10.6 Å². The maximum absolute atomic E-state index is 12.4. The minimum absolute atomic E-state index is 0.111. The molecule has 3 heteroatoms. The van der Waals surface area contributed by atoms with Gasteiger partial charge in [-0.2, -0.15) is 0 Å². The summed E-state index contributed by atoms with van der Waals surface area (Å²) in [6, 6.07) is 0. The van der Waals surface area contributed by atoms with Crippen molar-refractivity contribution in [3.05, 3.63) is 0 Å². The SMILES string of the molecule is CN(C)C(=O)C(C)(N)C1C2CC3CC(C2)CC1C3. The highest BCUT2D eigenvalue weighted by Gasteiger charge is 2.55. The third-order valence-corrected chi connectivity index (χ3v) is 5.79. The molecular formula is C15H26N2O. The Hall–Kier alpha value is -0.570. The van der Waals surface area contributed by atoms with E-state index in [1.165, 1.54) is 32.1 Å². The summed E-state index contributed by atoms with van der Waals surface area (Å²) >= 11 is 0. The van der Waals surface area contributed by atoms with Crippen LogP contribution >= 0.6 is 0 Å². The van der Waals surface area contributed by atoms with E-state index in [2.05, 4.69) is 0 Å². The van der Waals surface area contributed by atoms with Crippen LogP contribution in [-0.4, -0.2) is 30.4 Å². The van der Waals surface area contributed by atoms with Crippen LogP contribution in [0.1, 0.15) is 39.0 Å². The maximum Gasteiger partial charge on any atom is 0.242 e. The lowest BCUT2D eigenvalue weighted by Crippen LogP contribution is -2.63. The van der Waals surface area contributed by atoms with Gasteiger partial charge in [-0.05, 0) is 68.6 Å². The van der Waals surface area contributed by atoms with Gasteiger partial charge in [0.15, 0.2) is 0 Å². The normalized spacial score (nSPS) is 44.8. The molecule has 2 N–H and O–H groups in total. The van der Waals surface area contributed by atoms with Gasteiger partial charge in [0.25, 0.3) is 0 Å². The number of rotatable bonds is 2. The van der Waals surface area contributed by atoms with Crippen molar-refractivity contribution in [3.63, 3.8) is 0 Å². The number of carbonyl (C=O) groups is 1. The zero-order valence-electron chi connectivity index (χ0n) is 11.9. The topological polar surface area (TPSA) is 46.3 Å². The quantitative estimate of drug-likeness (QED) is 0.813. The van der Waals surface area contributed by atoms with Crippen molar-refractivity contribution in [2.75, 3.05) is 14.1 Å². The second-order valence-electron chi connectivity index (χ2n) is 7.44. The minimum Gasteiger partial charge on any atom is -0.347 e. The van der Waals surface area contributed by atoms with E-state index in [0.29, 0.717) is 17.8 Å². The fourth-order valence-electron chi connectivity index (χ4n) is 5.53. The first kappa shape index (κ1) is 12.5. The van der Waals surface area contributed by atoms with Gasteiger partial charge in [-0.15, -0.1) is 0 Å². The molecule has 1 amide bonds. The fraction of sp³-hybridized carbons (Fsp3) is 0.933. The van der Waals surface area contributed by atoms with Gasteiger partial charge in [0, 0.05) is 14.1 Å². The van der Waals surface area contributed by atoms with Gasteiger partial charge in [-0.1, -0.05) is 0 Å². The Labute approximate surface area is 110 Å². The molecule has 0 radical (unpaired) electrons. The van der Waals surface area contributed by atoms with Crippen LogP contribution in [0.3, 0.4) is 0 Å². The number of likely N-dealkylation sites (N-methyl/N-ethyl adjacent to an activating group) is 1. The van der Waals surface area contributed by atoms with E-state index < -0.39 is 5.54 Å². The van der Waals surface area contributed by atoms with Crippen molar-refractivity contribution in [2.45, 2.75) is 44.6 Å². The van der Waals surface area contributed by atoms with Crippen molar-refractivity contribution in [2.24, 2.45) is 35.3 Å². The molecule has 4 aliphatic carbocycles. The number of nitrogens with two attached hydrogens (primary N) is 1. The van der Waals surface area contributed by atoms with Crippen LogP contribution in [0.2, 0.25) is 0 Å². The van der Waals surface area contributed by atoms with Crippen LogP contribution in [0, 0.1) is 29.6 Å². The summed E-state index contributed by atoms with van der Waals surface area (Å²) in [5.41, 5.74) is 5.83. The molecule has 0 spiro atoms. The van der Waals surface area contributed by atoms with E-state index in [9.17, 15) is 4.79 Å². The molecule has 0 aliphatic heterocycles. The number of nitrogens with zero attached hydrogens (tertiary/aromatic N) is 1. The summed E-state index contributed by atoms with van der Waals surface area (Å²) in [5.74, 6) is 3.82. The minimum atomic E-state index is -0.661. The molecule has 0 aromatic heterocycles. The Morgan fingerprint density at radius 3 is 1.89 bits per heavy atom. The Morgan fingerprint density at radius 2 is 1.50 bits per heavy atom. The van der Waals surface area contributed by atoms with Gasteiger partial charge in [-0.3, -0.25) is 4.79 Å². The molecule has 0 aromatic carbocycles. The van der Waals surface area contributed by atoms with Crippen molar-refractivity contribution < 1.29 is 4.79 Å². The first-order chi connectivity index (χ1) is 8.39. The van der Waals surface area contributed by atoms with Crippen LogP contribution in [-0.2, 0) is 4.79 Å². The van der Waals surface area contributed by atoms with Crippen molar-refractivity contribution >= 4 is 5.91 Å². The van der Waals surface area contributed by atoms with Crippen LogP contribution < -0.4 is 5.73 Å². The Kier molecular flexibility index (Phi) is 2.74. The van der Waals surface area contributed by atoms with Gasteiger partial charge in [0.1, 0.15) is 0 Å². The number of hydrogen-bond donors (Lipinski definition) is 1. The van der Waals surface area contributed by atoms with Crippen molar-refractivity contribution in [3.8, 4) is 0 Å². The van der Waals surface area contributed by atoms with E-state index in [-0.39, 0.29) is 5.91 Å². The van der Waals surface area contributed by atoms with Crippen LogP contribution in [0.4, 0.5) is 0 Å². The van der Waals surface area contributed by atoms with Crippen molar-refractivity contribution in [1.82, 2.24) is 4.90 Å². The molecule has 1 unspecified atom stereocenters. The Balaban J connectivity index is 1.86. The first-order valence-electron chi connectivity index (χ1n) is 7.40. The predicted octanol–water partition coefficient (Wildman–Crippen LogP) is 1.86. The molecule has 0 aromatic rings. The molecule has 1 atom stereocenters. The Bertz CT molecular complexity index is 334. The molecule has 4 rings (SSSR count). The predicted molar refractivity (Wildman–Crippen MR) is 71.8 cm³/mol. The molecule has 4 bridgehead atoms. The monoisotopic (exact) mass is 250 g/mol. The molecule has 18 heavy (non-hydrogen) atoms. The Morgan fingerprint density at radius 1 is 1.06 bits per heavy atom. The summed E-state index contributed by atoms with van der Waals surface area (Å²) in [6.07, 6.45) is 6.75. The molecule has 0 saturated heterocycles. The molecule has 102 valence electrons. The second-order valence-corrected chi connectivity index (χ2v) is 7.44. The average Bonchev–Trinajstić information content (AvgIpc) is 2.25. The van der Waals surface area contributed by atoms with E-state index in [1.807, 2.05) is 21.0 Å². The molecule has 0 heterocycles. The molecule has 4 aliphatic rings. The first-order valence-corrected chi connectivity index (χ1v) is 7.40. The van der Waals surface area contributed by atoms with E-state index >= 15 is 0 Å². The van der Waals surface area contributed by atoms with E-state index in [1.54, 1.807) is 4.90 Å². The summed E-state index contributed by atoms with van der Waals surface area (Å²) in [7, 11) is 3.65. The molecule has 4 fully saturated rings. The lowest BCUT2D eigenvalue weighted by molar-refractivity contribution is -0.144. The fourth-order valence-corrected chi connectivity index (χ4v) is 5.53. The average molecular weight is 250 g/mol. The largest absolute Gasteiger partial charge is 0.347 e.